The number of anilines is 2. The summed E-state index contributed by atoms with van der Waals surface area (Å²) in [7, 11) is 0. The Morgan fingerprint density at radius 2 is 1.97 bits per heavy atom. The Balaban J connectivity index is 1.48. The van der Waals surface area contributed by atoms with Crippen LogP contribution in [-0.4, -0.2) is 40.6 Å². The van der Waals surface area contributed by atoms with Crippen molar-refractivity contribution in [3.63, 3.8) is 0 Å². The van der Waals surface area contributed by atoms with Crippen molar-refractivity contribution in [3.05, 3.63) is 64.1 Å². The Labute approximate surface area is 209 Å². The van der Waals surface area contributed by atoms with Crippen LogP contribution in [-0.2, 0) is 11.2 Å². The maximum absolute atomic E-state index is 13.0. The Morgan fingerprint density at radius 3 is 2.69 bits per heavy atom. The van der Waals surface area contributed by atoms with Crippen LogP contribution >= 0.6 is 11.6 Å². The summed E-state index contributed by atoms with van der Waals surface area (Å²) in [5.74, 6) is 0.212. The van der Waals surface area contributed by atoms with Crippen molar-refractivity contribution in [1.82, 2.24) is 15.0 Å². The van der Waals surface area contributed by atoms with Gasteiger partial charge in [0.15, 0.2) is 11.5 Å². The molecule has 1 spiro atoms. The lowest BCUT2D eigenvalue weighted by Crippen LogP contribution is -2.45. The molecule has 8 nitrogen and oxygen atoms in total. The van der Waals surface area contributed by atoms with Crippen molar-refractivity contribution in [2.45, 2.75) is 39.2 Å². The van der Waals surface area contributed by atoms with E-state index in [1.165, 1.54) is 11.1 Å². The molecule has 0 bridgehead atoms. The molecular weight excluding hydrogens is 464 g/mol. The zero-order valence-electron chi connectivity index (χ0n) is 19.9. The van der Waals surface area contributed by atoms with Gasteiger partial charge in [-0.2, -0.15) is 0 Å². The molecule has 35 heavy (non-hydrogen) atoms. The smallest absolute Gasteiger partial charge is 0.360 e. The first-order valence-corrected chi connectivity index (χ1v) is 12.3. The van der Waals surface area contributed by atoms with E-state index in [4.69, 9.17) is 37.8 Å². The first kappa shape index (κ1) is 23.5. The van der Waals surface area contributed by atoms with E-state index in [-0.39, 0.29) is 34.6 Å². The van der Waals surface area contributed by atoms with Crippen LogP contribution in [0.1, 0.15) is 53.1 Å². The van der Waals surface area contributed by atoms with E-state index in [1.807, 2.05) is 6.92 Å². The predicted octanol–water partition coefficient (Wildman–Crippen LogP) is 4.10. The SMILES string of the molecule is CCOC(=O)c1nc(-c2ccnc(N)c2Cl)c(C)nc1N1CCC2(CC1)Cc1ccccc1[C@H]2N. The number of pyridine rings is 1. The molecule has 0 unspecified atom stereocenters. The van der Waals surface area contributed by atoms with Crippen LogP contribution in [0.4, 0.5) is 11.6 Å². The topological polar surface area (TPSA) is 120 Å². The molecule has 2 aromatic heterocycles. The number of hydrogen-bond donors (Lipinski definition) is 2. The molecule has 4 N–H and O–H groups in total. The van der Waals surface area contributed by atoms with Crippen LogP contribution in [0.3, 0.4) is 0 Å². The van der Waals surface area contributed by atoms with E-state index in [2.05, 4.69) is 34.1 Å². The average molecular weight is 493 g/mol. The molecule has 1 aromatic carbocycles. The number of rotatable bonds is 4. The number of ether oxygens (including phenoxy) is 1. The molecule has 1 aliphatic heterocycles. The summed E-state index contributed by atoms with van der Waals surface area (Å²) in [6.07, 6.45) is 4.34. The van der Waals surface area contributed by atoms with Gasteiger partial charge in [0.1, 0.15) is 5.82 Å². The van der Waals surface area contributed by atoms with Crippen molar-refractivity contribution in [3.8, 4) is 11.3 Å². The van der Waals surface area contributed by atoms with Crippen molar-refractivity contribution in [1.29, 1.82) is 0 Å². The van der Waals surface area contributed by atoms with Crippen LogP contribution < -0.4 is 16.4 Å². The van der Waals surface area contributed by atoms with E-state index in [9.17, 15) is 4.79 Å². The summed E-state index contributed by atoms with van der Waals surface area (Å²) < 4.78 is 5.34. The number of esters is 1. The summed E-state index contributed by atoms with van der Waals surface area (Å²) in [5.41, 5.74) is 17.1. The van der Waals surface area contributed by atoms with Gasteiger partial charge in [-0.05, 0) is 55.7 Å². The van der Waals surface area contributed by atoms with Crippen LogP contribution in [0.2, 0.25) is 5.02 Å². The van der Waals surface area contributed by atoms with Gasteiger partial charge in [-0.1, -0.05) is 35.9 Å². The average Bonchev–Trinajstić information content (AvgIpc) is 3.12. The van der Waals surface area contributed by atoms with E-state index in [1.54, 1.807) is 19.2 Å². The molecule has 3 aromatic rings. The predicted molar refractivity (Wildman–Crippen MR) is 136 cm³/mol. The molecule has 5 rings (SSSR count). The minimum Gasteiger partial charge on any atom is -0.461 e. The van der Waals surface area contributed by atoms with Gasteiger partial charge < -0.3 is 21.1 Å². The van der Waals surface area contributed by atoms with E-state index in [0.717, 1.165) is 32.4 Å². The van der Waals surface area contributed by atoms with Crippen molar-refractivity contribution in [2.75, 3.05) is 30.3 Å². The fourth-order valence-corrected chi connectivity index (χ4v) is 5.63. The number of fused-ring (bicyclic) bond motifs is 1. The number of benzene rings is 1. The molecule has 2 aliphatic rings. The fourth-order valence-electron chi connectivity index (χ4n) is 5.43. The van der Waals surface area contributed by atoms with Crippen LogP contribution in [0.5, 0.6) is 0 Å². The maximum Gasteiger partial charge on any atom is 0.360 e. The van der Waals surface area contributed by atoms with E-state index >= 15 is 0 Å². The number of hydrogen-bond acceptors (Lipinski definition) is 8. The molecule has 182 valence electrons. The second kappa shape index (κ2) is 9.09. The lowest BCUT2D eigenvalue weighted by Gasteiger charge is -2.42. The number of carbonyl (C=O) groups is 1. The molecule has 1 fully saturated rings. The summed E-state index contributed by atoms with van der Waals surface area (Å²) in [4.78, 5) is 28.6. The first-order chi connectivity index (χ1) is 16.8. The molecule has 1 atom stereocenters. The summed E-state index contributed by atoms with van der Waals surface area (Å²) in [6.45, 7) is 5.31. The largest absolute Gasteiger partial charge is 0.461 e. The van der Waals surface area contributed by atoms with Crippen LogP contribution in [0.25, 0.3) is 11.3 Å². The van der Waals surface area contributed by atoms with E-state index in [0.29, 0.717) is 22.8 Å². The molecular formula is C26H29ClN6O2. The number of halogens is 1. The minimum absolute atomic E-state index is 0.0138. The van der Waals surface area contributed by atoms with Crippen molar-refractivity contribution in [2.24, 2.45) is 11.1 Å². The molecule has 1 saturated heterocycles. The number of nitrogens with zero attached hydrogens (tertiary/aromatic N) is 4. The van der Waals surface area contributed by atoms with Gasteiger partial charge in [0.05, 0.1) is 23.0 Å². The van der Waals surface area contributed by atoms with Gasteiger partial charge in [0.2, 0.25) is 0 Å². The number of piperidine rings is 1. The second-order valence-electron chi connectivity index (χ2n) is 9.31. The highest BCUT2D eigenvalue weighted by Crippen LogP contribution is 2.51. The van der Waals surface area contributed by atoms with Crippen molar-refractivity contribution < 1.29 is 9.53 Å². The maximum atomic E-state index is 13.0. The summed E-state index contributed by atoms with van der Waals surface area (Å²) in [5, 5.41) is 0.280. The highest BCUT2D eigenvalue weighted by atomic mass is 35.5. The quantitative estimate of drug-likeness (QED) is 0.522. The third-order valence-corrected chi connectivity index (χ3v) is 7.74. The van der Waals surface area contributed by atoms with Gasteiger partial charge in [0, 0.05) is 30.9 Å². The third kappa shape index (κ3) is 4.00. The van der Waals surface area contributed by atoms with Gasteiger partial charge in [-0.15, -0.1) is 0 Å². The number of aryl methyl sites for hydroxylation is 1. The molecule has 3 heterocycles. The van der Waals surface area contributed by atoms with Crippen molar-refractivity contribution >= 4 is 29.2 Å². The van der Waals surface area contributed by atoms with Gasteiger partial charge in [-0.3, -0.25) is 0 Å². The monoisotopic (exact) mass is 492 g/mol. The van der Waals surface area contributed by atoms with Crippen LogP contribution in [0.15, 0.2) is 36.5 Å². The van der Waals surface area contributed by atoms with Gasteiger partial charge in [-0.25, -0.2) is 19.7 Å². The van der Waals surface area contributed by atoms with Crippen LogP contribution in [0, 0.1) is 12.3 Å². The molecule has 0 amide bonds. The third-order valence-electron chi connectivity index (χ3n) is 7.34. The normalized spacial score (nSPS) is 18.5. The zero-order chi connectivity index (χ0) is 24.7. The summed E-state index contributed by atoms with van der Waals surface area (Å²) in [6, 6.07) is 10.2. The first-order valence-electron chi connectivity index (χ1n) is 11.9. The second-order valence-corrected chi connectivity index (χ2v) is 9.69. The summed E-state index contributed by atoms with van der Waals surface area (Å²) >= 11 is 6.41. The molecule has 1 aliphatic carbocycles. The van der Waals surface area contributed by atoms with Gasteiger partial charge in [0.25, 0.3) is 0 Å². The number of carbonyl (C=O) groups excluding carboxylic acids is 1. The number of nitrogen functional groups attached to an aromatic ring is 1. The minimum atomic E-state index is -0.514. The number of nitrogens with two attached hydrogens (primary N) is 2. The highest BCUT2D eigenvalue weighted by Gasteiger charge is 2.46. The Bertz CT molecular complexity index is 1290. The van der Waals surface area contributed by atoms with E-state index < -0.39 is 5.97 Å². The Morgan fingerprint density at radius 1 is 1.23 bits per heavy atom. The lowest BCUT2D eigenvalue weighted by atomic mass is 9.73. The Kier molecular flexibility index (Phi) is 6.11. The molecule has 0 saturated carbocycles. The zero-order valence-corrected chi connectivity index (χ0v) is 20.7. The Hall–Kier alpha value is -3.23. The molecule has 9 heteroatoms. The molecule has 0 radical (unpaired) electrons. The highest BCUT2D eigenvalue weighted by molar-refractivity contribution is 6.35. The lowest BCUT2D eigenvalue weighted by molar-refractivity contribution is 0.0519. The standard InChI is InChI=1S/C26H29ClN6O2/c1-3-35-25(34)21-24(31-15(2)20(32-21)18-8-11-30-23(29)19(18)27)33-12-9-26(10-13-33)14-16-6-4-5-7-17(16)22(26)28/h4-8,11,22H,3,9-10,12-14,28H2,1-2H3,(H2,29,30)/t22-/m1/s1. The fraction of sp³-hybridized carbons (Fsp3) is 0.385. The van der Waals surface area contributed by atoms with Gasteiger partial charge >= 0.3 is 5.97 Å². The number of aromatic nitrogens is 3.